The van der Waals surface area contributed by atoms with Crippen LogP contribution in [0.4, 0.5) is 4.79 Å². The van der Waals surface area contributed by atoms with E-state index in [2.05, 4.69) is 10.2 Å². The number of amides is 1. The van der Waals surface area contributed by atoms with E-state index in [4.69, 9.17) is 18.9 Å². The molecule has 1 saturated heterocycles. The van der Waals surface area contributed by atoms with E-state index in [1.807, 2.05) is 86.6 Å². The van der Waals surface area contributed by atoms with Gasteiger partial charge in [0.05, 0.1) is 13.1 Å². The molecular weight excluding hydrogens is 682 g/mol. The number of hydrogen-bond acceptors (Lipinski definition) is 13. The first kappa shape index (κ1) is 45.6. The smallest absolute Gasteiger partial charge is 0.407 e. The van der Waals surface area contributed by atoms with Crippen molar-refractivity contribution in [1.82, 2.24) is 24.9 Å². The number of carbonyl (C=O) groups excluding carboxylic acids is 5. The number of hydrogen-bond donors (Lipinski definition) is 1. The standard InChI is InChI=1S/C39H65N5O9/c1-37(2,3)51-34(47)29-43-22-21-41(18-17-40-36(49)53-39(7,8)9)19-20-42(27-28-45)23-25-44(26-24-43)32(35(48)52-38(4,5)6)15-16-33(46)50-30-31-13-11-10-12-14-31/h10-14,28,32H,15-27,29-30H2,1-9H3,(H,40,49). The first-order valence-electron chi connectivity index (χ1n) is 18.7. The van der Waals surface area contributed by atoms with Gasteiger partial charge in [-0.2, -0.15) is 0 Å². The fraction of sp³-hybridized carbons (Fsp3) is 0.718. The molecule has 0 aromatic heterocycles. The summed E-state index contributed by atoms with van der Waals surface area (Å²) < 4.78 is 22.4. The third kappa shape index (κ3) is 21.0. The molecule has 0 radical (unpaired) electrons. The molecule has 300 valence electrons. The molecule has 1 aromatic rings. The second kappa shape index (κ2) is 21.9. The summed E-state index contributed by atoms with van der Waals surface area (Å²) in [5, 5.41) is 2.82. The molecule has 1 aromatic carbocycles. The lowest BCUT2D eigenvalue weighted by Crippen LogP contribution is -2.52. The Labute approximate surface area is 316 Å². The first-order valence-corrected chi connectivity index (χ1v) is 18.7. The molecule has 1 unspecified atom stereocenters. The zero-order valence-corrected chi connectivity index (χ0v) is 33.6. The molecule has 14 nitrogen and oxygen atoms in total. The van der Waals surface area contributed by atoms with Gasteiger partial charge in [-0.3, -0.25) is 34.0 Å². The van der Waals surface area contributed by atoms with Crippen LogP contribution in [0.15, 0.2) is 30.3 Å². The van der Waals surface area contributed by atoms with Crippen LogP contribution in [0.2, 0.25) is 0 Å². The number of esters is 3. The molecule has 14 heteroatoms. The van der Waals surface area contributed by atoms with Gasteiger partial charge in [0.2, 0.25) is 0 Å². The molecule has 0 aliphatic carbocycles. The van der Waals surface area contributed by atoms with Crippen molar-refractivity contribution in [3.8, 4) is 0 Å². The summed E-state index contributed by atoms with van der Waals surface area (Å²) in [6, 6.07) is 8.61. The molecule has 0 spiro atoms. The molecule has 1 amide bonds. The third-order valence-corrected chi connectivity index (χ3v) is 8.06. The topological polar surface area (TPSA) is 147 Å². The van der Waals surface area contributed by atoms with Gasteiger partial charge in [-0.15, -0.1) is 0 Å². The van der Waals surface area contributed by atoms with E-state index in [0.29, 0.717) is 65.4 Å². The number of aldehydes is 1. The highest BCUT2D eigenvalue weighted by atomic mass is 16.6. The summed E-state index contributed by atoms with van der Waals surface area (Å²) in [6.45, 7) is 21.4. The Bertz CT molecular complexity index is 1290. The van der Waals surface area contributed by atoms with Crippen molar-refractivity contribution in [1.29, 1.82) is 0 Å². The summed E-state index contributed by atoms with van der Waals surface area (Å²) in [6.07, 6.45) is 0.534. The highest BCUT2D eigenvalue weighted by Crippen LogP contribution is 2.17. The van der Waals surface area contributed by atoms with Crippen molar-refractivity contribution in [3.05, 3.63) is 35.9 Å². The van der Waals surface area contributed by atoms with E-state index in [1.165, 1.54) is 0 Å². The Morgan fingerprint density at radius 1 is 0.717 bits per heavy atom. The lowest BCUT2D eigenvalue weighted by atomic mass is 10.1. The monoisotopic (exact) mass is 747 g/mol. The Hall–Kier alpha value is -3.59. The van der Waals surface area contributed by atoms with Crippen molar-refractivity contribution in [3.63, 3.8) is 0 Å². The molecular formula is C39H65N5O9. The Kier molecular flexibility index (Phi) is 18.9. The van der Waals surface area contributed by atoms with Crippen LogP contribution in [0.5, 0.6) is 0 Å². The second-order valence-corrected chi connectivity index (χ2v) is 16.4. The molecule has 1 N–H and O–H groups in total. The Morgan fingerprint density at radius 2 is 1.26 bits per heavy atom. The van der Waals surface area contributed by atoms with Crippen LogP contribution in [-0.4, -0.2) is 151 Å². The van der Waals surface area contributed by atoms with E-state index in [0.717, 1.165) is 11.8 Å². The van der Waals surface area contributed by atoms with E-state index < -0.39 is 40.9 Å². The Balaban J connectivity index is 2.31. The molecule has 1 atom stereocenters. The zero-order valence-electron chi connectivity index (χ0n) is 33.6. The average Bonchev–Trinajstić information content (AvgIpc) is 3.02. The van der Waals surface area contributed by atoms with E-state index in [1.54, 1.807) is 20.8 Å². The predicted molar refractivity (Wildman–Crippen MR) is 202 cm³/mol. The quantitative estimate of drug-likeness (QED) is 0.168. The lowest BCUT2D eigenvalue weighted by Gasteiger charge is -2.37. The first-order chi connectivity index (χ1) is 24.7. The van der Waals surface area contributed by atoms with Gasteiger partial charge in [-0.25, -0.2) is 4.79 Å². The number of nitrogens with one attached hydrogen (secondary N) is 1. The minimum absolute atomic E-state index is 0.000785. The number of rotatable bonds is 14. The molecule has 0 bridgehead atoms. The number of alkyl carbamates (subject to hydrolysis) is 1. The maximum absolute atomic E-state index is 13.8. The number of carbonyl (C=O) groups is 5. The van der Waals surface area contributed by atoms with Crippen molar-refractivity contribution in [2.24, 2.45) is 0 Å². The van der Waals surface area contributed by atoms with Gasteiger partial charge in [-0.1, -0.05) is 30.3 Å². The molecule has 1 aliphatic heterocycles. The van der Waals surface area contributed by atoms with E-state index in [-0.39, 0.29) is 38.5 Å². The highest BCUT2D eigenvalue weighted by Gasteiger charge is 2.32. The van der Waals surface area contributed by atoms with Gasteiger partial charge in [-0.05, 0) is 74.3 Å². The number of nitrogens with zero attached hydrogens (tertiary/aromatic N) is 4. The molecule has 1 heterocycles. The fourth-order valence-corrected chi connectivity index (χ4v) is 5.60. The normalized spacial score (nSPS) is 17.1. The predicted octanol–water partition coefficient (Wildman–Crippen LogP) is 3.51. The summed E-state index contributed by atoms with van der Waals surface area (Å²) in [4.78, 5) is 72.0. The van der Waals surface area contributed by atoms with Gasteiger partial charge in [0.25, 0.3) is 0 Å². The number of ether oxygens (including phenoxy) is 4. The molecule has 53 heavy (non-hydrogen) atoms. The van der Waals surface area contributed by atoms with Crippen LogP contribution >= 0.6 is 0 Å². The van der Waals surface area contributed by atoms with Crippen molar-refractivity contribution >= 4 is 30.3 Å². The summed E-state index contributed by atoms with van der Waals surface area (Å²) >= 11 is 0. The second-order valence-electron chi connectivity index (χ2n) is 16.4. The molecule has 2 rings (SSSR count). The minimum Gasteiger partial charge on any atom is -0.461 e. The SMILES string of the molecule is CC(C)(C)OC(=O)CN1CCN(CCNC(=O)OC(C)(C)C)CCN(CC=O)CCN(C(CCC(=O)OCc2ccccc2)C(=O)OC(C)(C)C)CC1. The van der Waals surface area contributed by atoms with Crippen LogP contribution in [0.25, 0.3) is 0 Å². The van der Waals surface area contributed by atoms with Crippen molar-refractivity contribution in [2.75, 3.05) is 78.5 Å². The van der Waals surface area contributed by atoms with Gasteiger partial charge in [0, 0.05) is 71.9 Å². The van der Waals surface area contributed by atoms with Crippen LogP contribution < -0.4 is 5.32 Å². The van der Waals surface area contributed by atoms with Crippen molar-refractivity contribution < 1.29 is 42.9 Å². The van der Waals surface area contributed by atoms with Gasteiger partial charge in [0.1, 0.15) is 35.7 Å². The van der Waals surface area contributed by atoms with Crippen LogP contribution in [-0.2, 0) is 44.7 Å². The maximum atomic E-state index is 13.8. The fourth-order valence-electron chi connectivity index (χ4n) is 5.60. The molecule has 1 aliphatic rings. The van der Waals surface area contributed by atoms with Gasteiger partial charge >= 0.3 is 24.0 Å². The largest absolute Gasteiger partial charge is 0.461 e. The average molecular weight is 748 g/mol. The lowest BCUT2D eigenvalue weighted by molar-refractivity contribution is -0.163. The van der Waals surface area contributed by atoms with E-state index in [9.17, 15) is 24.0 Å². The summed E-state index contributed by atoms with van der Waals surface area (Å²) in [7, 11) is 0. The van der Waals surface area contributed by atoms with Gasteiger partial charge in [0.15, 0.2) is 0 Å². The number of benzene rings is 1. The zero-order chi connectivity index (χ0) is 39.7. The highest BCUT2D eigenvalue weighted by molar-refractivity contribution is 5.78. The maximum Gasteiger partial charge on any atom is 0.407 e. The summed E-state index contributed by atoms with van der Waals surface area (Å²) in [5.74, 6) is -1.24. The van der Waals surface area contributed by atoms with Crippen molar-refractivity contribution in [2.45, 2.75) is 105 Å². The molecule has 0 saturated carbocycles. The molecule has 1 fully saturated rings. The summed E-state index contributed by atoms with van der Waals surface area (Å²) in [5.41, 5.74) is -1.17. The minimum atomic E-state index is -0.779. The van der Waals surface area contributed by atoms with Crippen LogP contribution in [0, 0.1) is 0 Å². The van der Waals surface area contributed by atoms with Crippen LogP contribution in [0.3, 0.4) is 0 Å². The van der Waals surface area contributed by atoms with Gasteiger partial charge < -0.3 is 29.1 Å². The Morgan fingerprint density at radius 3 is 1.85 bits per heavy atom. The third-order valence-electron chi connectivity index (χ3n) is 8.06. The van der Waals surface area contributed by atoms with Crippen LogP contribution in [0.1, 0.15) is 80.7 Å². The van der Waals surface area contributed by atoms with E-state index >= 15 is 0 Å².